The monoisotopic (exact) mass is 275 g/mol. The molecule has 0 amide bonds. The summed E-state index contributed by atoms with van der Waals surface area (Å²) in [5.74, 6) is 1.53. The van der Waals surface area contributed by atoms with Gasteiger partial charge in [-0.2, -0.15) is 0 Å². The van der Waals surface area contributed by atoms with Crippen molar-refractivity contribution in [3.8, 4) is 5.75 Å². The van der Waals surface area contributed by atoms with Crippen LogP contribution in [0.2, 0.25) is 0 Å². The predicted octanol–water partition coefficient (Wildman–Crippen LogP) is 3.39. The van der Waals surface area contributed by atoms with Gasteiger partial charge in [0.05, 0.1) is 18.7 Å². The lowest BCUT2D eigenvalue weighted by atomic mass is 9.91. The van der Waals surface area contributed by atoms with E-state index in [0.29, 0.717) is 36.4 Å². The molecule has 1 aromatic carbocycles. The number of para-hydroxylation sites is 1. The summed E-state index contributed by atoms with van der Waals surface area (Å²) in [6.07, 6.45) is 2.45. The Balaban J connectivity index is 2.08. The van der Waals surface area contributed by atoms with Crippen molar-refractivity contribution in [2.45, 2.75) is 39.7 Å². The van der Waals surface area contributed by atoms with Crippen LogP contribution >= 0.6 is 0 Å². The van der Waals surface area contributed by atoms with Crippen molar-refractivity contribution in [2.24, 2.45) is 5.92 Å². The summed E-state index contributed by atoms with van der Waals surface area (Å²) in [5.41, 5.74) is 0.708. The zero-order valence-corrected chi connectivity index (χ0v) is 12.8. The lowest BCUT2D eigenvalue weighted by Gasteiger charge is -2.37. The second-order valence-corrected chi connectivity index (χ2v) is 5.68. The molecule has 3 nitrogen and oxygen atoms in total. The summed E-state index contributed by atoms with van der Waals surface area (Å²) in [6.45, 7) is 8.54. The fourth-order valence-corrected chi connectivity index (χ4v) is 2.89. The molecule has 110 valence electrons. The molecule has 0 bridgehead atoms. The van der Waals surface area contributed by atoms with Crippen LogP contribution in [-0.4, -0.2) is 36.4 Å². The number of carbonyl (C=O) groups is 1. The fraction of sp³-hybridized carbons (Fsp3) is 0.588. The largest absolute Gasteiger partial charge is 0.493 e. The number of ketones is 1. The number of hydrogen-bond acceptors (Lipinski definition) is 3. The third kappa shape index (κ3) is 3.40. The second-order valence-electron chi connectivity index (χ2n) is 5.68. The Morgan fingerprint density at radius 3 is 2.85 bits per heavy atom. The van der Waals surface area contributed by atoms with Gasteiger partial charge in [0.1, 0.15) is 5.75 Å². The maximum Gasteiger partial charge on any atom is 0.180 e. The van der Waals surface area contributed by atoms with Crippen LogP contribution in [0.15, 0.2) is 24.3 Å². The highest BCUT2D eigenvalue weighted by molar-refractivity contribution is 6.00. The van der Waals surface area contributed by atoms with Crippen LogP contribution in [0.5, 0.6) is 5.75 Å². The smallest absolute Gasteiger partial charge is 0.180 e. The van der Waals surface area contributed by atoms with E-state index in [2.05, 4.69) is 18.7 Å². The van der Waals surface area contributed by atoms with E-state index in [1.165, 1.54) is 12.8 Å². The maximum atomic E-state index is 12.5. The van der Waals surface area contributed by atoms with Gasteiger partial charge in [0.25, 0.3) is 0 Å². The predicted molar refractivity (Wildman–Crippen MR) is 81.4 cm³/mol. The Morgan fingerprint density at radius 1 is 1.35 bits per heavy atom. The van der Waals surface area contributed by atoms with Gasteiger partial charge in [-0.3, -0.25) is 9.69 Å². The van der Waals surface area contributed by atoms with Crippen LogP contribution in [0, 0.1) is 5.92 Å². The van der Waals surface area contributed by atoms with Gasteiger partial charge in [-0.15, -0.1) is 0 Å². The van der Waals surface area contributed by atoms with Gasteiger partial charge in [0.15, 0.2) is 5.78 Å². The fourth-order valence-electron chi connectivity index (χ4n) is 2.89. The van der Waals surface area contributed by atoms with Gasteiger partial charge >= 0.3 is 0 Å². The SMILES string of the molecule is CCOc1ccccc1C(=O)CN1CCCC(C)C1C. The standard InChI is InChI=1S/C17H25NO2/c1-4-20-17-10-6-5-9-15(17)16(19)12-18-11-7-8-13(2)14(18)3/h5-6,9-10,13-14H,4,7-8,11-12H2,1-3H3. The van der Waals surface area contributed by atoms with Crippen LogP contribution in [0.4, 0.5) is 0 Å². The second kappa shape index (κ2) is 6.89. The molecule has 0 N–H and O–H groups in total. The molecule has 1 aliphatic rings. The normalized spacial score (nSPS) is 23.6. The molecule has 0 aromatic heterocycles. The molecule has 3 heteroatoms. The number of piperidine rings is 1. The van der Waals surface area contributed by atoms with E-state index in [0.717, 1.165) is 6.54 Å². The summed E-state index contributed by atoms with van der Waals surface area (Å²) in [6, 6.07) is 8.03. The van der Waals surface area contributed by atoms with Crippen LogP contribution in [0.25, 0.3) is 0 Å². The summed E-state index contributed by atoms with van der Waals surface area (Å²) in [5, 5.41) is 0. The van der Waals surface area contributed by atoms with Gasteiger partial charge < -0.3 is 4.74 Å². The van der Waals surface area contributed by atoms with Gasteiger partial charge in [-0.1, -0.05) is 19.1 Å². The van der Waals surface area contributed by atoms with Crippen molar-refractivity contribution in [2.75, 3.05) is 19.7 Å². The number of Topliss-reactive ketones (excluding diaryl/α,β-unsaturated/α-hetero) is 1. The van der Waals surface area contributed by atoms with E-state index in [1.807, 2.05) is 31.2 Å². The molecular weight excluding hydrogens is 250 g/mol. The first-order valence-corrected chi connectivity index (χ1v) is 7.62. The highest BCUT2D eigenvalue weighted by Gasteiger charge is 2.27. The average Bonchev–Trinajstić information content (AvgIpc) is 2.45. The molecule has 1 fully saturated rings. The number of hydrogen-bond donors (Lipinski definition) is 0. The Kier molecular flexibility index (Phi) is 5.18. The third-order valence-electron chi connectivity index (χ3n) is 4.34. The number of carbonyl (C=O) groups excluding carboxylic acids is 1. The zero-order valence-electron chi connectivity index (χ0n) is 12.8. The highest BCUT2D eigenvalue weighted by atomic mass is 16.5. The maximum absolute atomic E-state index is 12.5. The molecule has 1 aromatic rings. The lowest BCUT2D eigenvalue weighted by molar-refractivity contribution is 0.0776. The number of rotatable bonds is 5. The Labute approximate surface area is 121 Å². The molecular formula is C17H25NO2. The number of likely N-dealkylation sites (tertiary alicyclic amines) is 1. The Morgan fingerprint density at radius 2 is 2.10 bits per heavy atom. The van der Waals surface area contributed by atoms with Gasteiger partial charge in [0, 0.05) is 6.04 Å². The Bertz CT molecular complexity index is 458. The van der Waals surface area contributed by atoms with E-state index < -0.39 is 0 Å². The molecule has 0 saturated carbocycles. The number of ether oxygens (including phenoxy) is 1. The quantitative estimate of drug-likeness (QED) is 0.771. The first kappa shape index (κ1) is 15.0. The molecule has 0 radical (unpaired) electrons. The molecule has 0 aliphatic carbocycles. The first-order valence-electron chi connectivity index (χ1n) is 7.62. The van der Waals surface area contributed by atoms with Crippen molar-refractivity contribution < 1.29 is 9.53 Å². The van der Waals surface area contributed by atoms with E-state index >= 15 is 0 Å². The molecule has 0 spiro atoms. The van der Waals surface area contributed by atoms with Crippen LogP contribution in [-0.2, 0) is 0 Å². The summed E-state index contributed by atoms with van der Waals surface area (Å²) in [4.78, 5) is 14.8. The van der Waals surface area contributed by atoms with Crippen LogP contribution in [0.3, 0.4) is 0 Å². The van der Waals surface area contributed by atoms with Crippen LogP contribution in [0.1, 0.15) is 44.0 Å². The van der Waals surface area contributed by atoms with Crippen molar-refractivity contribution in [3.05, 3.63) is 29.8 Å². The minimum atomic E-state index is 0.162. The average molecular weight is 275 g/mol. The molecule has 1 saturated heterocycles. The van der Waals surface area contributed by atoms with E-state index in [-0.39, 0.29) is 5.78 Å². The van der Waals surface area contributed by atoms with E-state index in [9.17, 15) is 4.79 Å². The van der Waals surface area contributed by atoms with Crippen molar-refractivity contribution in [1.29, 1.82) is 0 Å². The van der Waals surface area contributed by atoms with Gasteiger partial charge in [-0.25, -0.2) is 0 Å². The molecule has 2 atom stereocenters. The van der Waals surface area contributed by atoms with E-state index in [4.69, 9.17) is 4.74 Å². The first-order chi connectivity index (χ1) is 9.63. The van der Waals surface area contributed by atoms with Crippen molar-refractivity contribution in [1.82, 2.24) is 4.90 Å². The van der Waals surface area contributed by atoms with Gasteiger partial charge in [0.2, 0.25) is 0 Å². The molecule has 2 unspecified atom stereocenters. The lowest BCUT2D eigenvalue weighted by Crippen LogP contribution is -2.44. The van der Waals surface area contributed by atoms with Crippen molar-refractivity contribution >= 4 is 5.78 Å². The minimum absolute atomic E-state index is 0.162. The molecule has 2 rings (SSSR count). The highest BCUT2D eigenvalue weighted by Crippen LogP contribution is 2.24. The Hall–Kier alpha value is -1.35. The molecule has 1 aliphatic heterocycles. The van der Waals surface area contributed by atoms with Crippen LogP contribution < -0.4 is 4.74 Å². The third-order valence-corrected chi connectivity index (χ3v) is 4.34. The molecule has 1 heterocycles. The summed E-state index contributed by atoms with van der Waals surface area (Å²) < 4.78 is 5.56. The summed E-state index contributed by atoms with van der Waals surface area (Å²) in [7, 11) is 0. The topological polar surface area (TPSA) is 29.5 Å². The zero-order chi connectivity index (χ0) is 14.5. The number of benzene rings is 1. The van der Waals surface area contributed by atoms with Gasteiger partial charge in [-0.05, 0) is 51.3 Å². The molecule has 20 heavy (non-hydrogen) atoms. The number of nitrogens with zero attached hydrogens (tertiary/aromatic N) is 1. The minimum Gasteiger partial charge on any atom is -0.493 e. The van der Waals surface area contributed by atoms with E-state index in [1.54, 1.807) is 0 Å². The van der Waals surface area contributed by atoms with Crippen molar-refractivity contribution in [3.63, 3.8) is 0 Å². The summed E-state index contributed by atoms with van der Waals surface area (Å²) >= 11 is 0.